The minimum Gasteiger partial charge on any atom is -0.303 e. The molecular formula is C13H24O. The van der Waals surface area contributed by atoms with Crippen LogP contribution in [0.25, 0.3) is 0 Å². The van der Waals surface area contributed by atoms with Gasteiger partial charge in [-0.3, -0.25) is 0 Å². The summed E-state index contributed by atoms with van der Waals surface area (Å²) in [6.07, 6.45) is 11.8. The Kier molecular flexibility index (Phi) is 4.64. The van der Waals surface area contributed by atoms with E-state index in [0.29, 0.717) is 0 Å². The fourth-order valence-corrected chi connectivity index (χ4v) is 3.32. The van der Waals surface area contributed by atoms with E-state index in [9.17, 15) is 4.79 Å². The summed E-state index contributed by atoms with van der Waals surface area (Å²) >= 11 is 0. The van der Waals surface area contributed by atoms with Gasteiger partial charge in [-0.15, -0.1) is 0 Å². The highest BCUT2D eigenvalue weighted by atomic mass is 16.1. The van der Waals surface area contributed by atoms with Crippen LogP contribution in [0.2, 0.25) is 0 Å². The second kappa shape index (κ2) is 5.53. The minimum atomic E-state index is 0. The van der Waals surface area contributed by atoms with Crippen LogP contribution in [0.15, 0.2) is 0 Å². The second-order valence-corrected chi connectivity index (χ2v) is 4.89. The Morgan fingerprint density at radius 2 is 1.71 bits per heavy atom. The lowest BCUT2D eigenvalue weighted by atomic mass is 9.67. The monoisotopic (exact) mass is 196 g/mol. The van der Waals surface area contributed by atoms with Crippen molar-refractivity contribution in [2.45, 2.75) is 58.8 Å². The normalized spacial score (nSPS) is 36.7. The summed E-state index contributed by atoms with van der Waals surface area (Å²) in [5.74, 6) is 2.74. The number of hydrogen-bond acceptors (Lipinski definition) is 1. The lowest BCUT2D eigenvalue weighted by Crippen LogP contribution is -2.27. The zero-order valence-corrected chi connectivity index (χ0v) is 8.37. The second-order valence-electron chi connectivity index (χ2n) is 4.89. The number of hydrogen-bond donors (Lipinski definition) is 0. The molecule has 0 aliphatic heterocycles. The maximum atomic E-state index is 10.4. The maximum absolute atomic E-state index is 10.4. The first-order valence-corrected chi connectivity index (χ1v) is 5.84. The predicted octanol–water partition coefficient (Wildman–Crippen LogP) is 3.82. The third-order valence-corrected chi connectivity index (χ3v) is 4.08. The number of carbonyl (C=O) groups excluding carboxylic acids is 1. The molecule has 1 heteroatoms. The molecule has 0 aromatic carbocycles. The molecule has 0 radical (unpaired) electrons. The fraction of sp³-hybridized carbons (Fsp3) is 0.923. The van der Waals surface area contributed by atoms with Crippen LogP contribution in [0.5, 0.6) is 0 Å². The lowest BCUT2D eigenvalue weighted by molar-refractivity contribution is -0.109. The van der Waals surface area contributed by atoms with Gasteiger partial charge in [0.15, 0.2) is 0 Å². The first-order chi connectivity index (χ1) is 6.40. The zero-order chi connectivity index (χ0) is 9.10. The van der Waals surface area contributed by atoms with Gasteiger partial charge < -0.3 is 4.79 Å². The highest BCUT2D eigenvalue weighted by Crippen LogP contribution is 2.43. The van der Waals surface area contributed by atoms with Crippen LogP contribution >= 0.6 is 0 Å². The van der Waals surface area contributed by atoms with E-state index >= 15 is 0 Å². The molecule has 2 fully saturated rings. The summed E-state index contributed by atoms with van der Waals surface area (Å²) in [4.78, 5) is 10.4. The third-order valence-electron chi connectivity index (χ3n) is 4.08. The molecule has 2 aliphatic carbocycles. The van der Waals surface area contributed by atoms with E-state index in [1.165, 1.54) is 44.9 Å². The molecule has 3 atom stereocenters. The van der Waals surface area contributed by atoms with E-state index in [2.05, 4.69) is 0 Å². The van der Waals surface area contributed by atoms with Crippen LogP contribution in [-0.4, -0.2) is 6.29 Å². The summed E-state index contributed by atoms with van der Waals surface area (Å²) in [6, 6.07) is 0. The molecule has 0 aromatic heterocycles. The quantitative estimate of drug-likeness (QED) is 0.614. The Bertz CT molecular complexity index is 176. The number of aldehydes is 1. The topological polar surface area (TPSA) is 17.1 Å². The SMILES string of the molecule is C.O=CCC1CC[C@H]2CCCCC2C1. The Morgan fingerprint density at radius 3 is 2.43 bits per heavy atom. The van der Waals surface area contributed by atoms with Crippen molar-refractivity contribution in [1.29, 1.82) is 0 Å². The van der Waals surface area contributed by atoms with Crippen LogP contribution in [-0.2, 0) is 4.79 Å². The van der Waals surface area contributed by atoms with Gasteiger partial charge in [0.1, 0.15) is 6.29 Å². The Morgan fingerprint density at radius 1 is 1.00 bits per heavy atom. The van der Waals surface area contributed by atoms with Crippen molar-refractivity contribution in [1.82, 2.24) is 0 Å². The van der Waals surface area contributed by atoms with Crippen molar-refractivity contribution < 1.29 is 4.79 Å². The smallest absolute Gasteiger partial charge is 0.120 e. The Balaban J connectivity index is 0.000000980. The molecule has 0 bridgehead atoms. The van der Waals surface area contributed by atoms with Crippen molar-refractivity contribution in [2.24, 2.45) is 17.8 Å². The van der Waals surface area contributed by atoms with Gasteiger partial charge in [0, 0.05) is 6.42 Å². The summed E-state index contributed by atoms with van der Waals surface area (Å²) in [5, 5.41) is 0. The summed E-state index contributed by atoms with van der Waals surface area (Å²) < 4.78 is 0. The lowest BCUT2D eigenvalue weighted by Gasteiger charge is -2.38. The van der Waals surface area contributed by atoms with Gasteiger partial charge in [0.25, 0.3) is 0 Å². The summed E-state index contributed by atoms with van der Waals surface area (Å²) in [5.41, 5.74) is 0. The first kappa shape index (κ1) is 11.7. The van der Waals surface area contributed by atoms with Crippen molar-refractivity contribution in [3.05, 3.63) is 0 Å². The molecule has 1 nitrogen and oxygen atoms in total. The summed E-state index contributed by atoms with van der Waals surface area (Å²) in [7, 11) is 0. The molecule has 2 saturated carbocycles. The average Bonchev–Trinajstić information content (AvgIpc) is 2.18. The average molecular weight is 196 g/mol. The van der Waals surface area contributed by atoms with Gasteiger partial charge in [-0.1, -0.05) is 33.1 Å². The van der Waals surface area contributed by atoms with Crippen molar-refractivity contribution in [2.75, 3.05) is 0 Å². The molecule has 2 rings (SSSR count). The summed E-state index contributed by atoms with van der Waals surface area (Å²) in [6.45, 7) is 0. The van der Waals surface area contributed by atoms with Gasteiger partial charge in [-0.25, -0.2) is 0 Å². The van der Waals surface area contributed by atoms with E-state index in [0.717, 1.165) is 30.5 Å². The molecule has 0 spiro atoms. The van der Waals surface area contributed by atoms with Crippen LogP contribution in [0.3, 0.4) is 0 Å². The molecule has 2 aliphatic rings. The number of carbonyl (C=O) groups is 1. The predicted molar refractivity (Wildman–Crippen MR) is 60.2 cm³/mol. The molecule has 2 unspecified atom stereocenters. The van der Waals surface area contributed by atoms with Gasteiger partial charge in [0.05, 0.1) is 0 Å². The van der Waals surface area contributed by atoms with Crippen molar-refractivity contribution in [3.63, 3.8) is 0 Å². The number of fused-ring (bicyclic) bond motifs is 1. The van der Waals surface area contributed by atoms with E-state index in [-0.39, 0.29) is 7.43 Å². The van der Waals surface area contributed by atoms with E-state index in [1.807, 2.05) is 0 Å². The molecule has 82 valence electrons. The zero-order valence-electron chi connectivity index (χ0n) is 8.37. The standard InChI is InChI=1S/C12H20O.CH4/c13-8-7-10-5-6-11-3-1-2-4-12(11)9-10;/h8,10-12H,1-7,9H2;1H4/t10?,11-,12?;/m1./s1. The van der Waals surface area contributed by atoms with Crippen LogP contribution in [0.1, 0.15) is 58.8 Å². The van der Waals surface area contributed by atoms with E-state index < -0.39 is 0 Å². The van der Waals surface area contributed by atoms with Gasteiger partial charge in [-0.2, -0.15) is 0 Å². The molecule has 0 N–H and O–H groups in total. The minimum absolute atomic E-state index is 0. The molecule has 0 saturated heterocycles. The Labute approximate surface area is 88.3 Å². The molecule has 0 aromatic rings. The van der Waals surface area contributed by atoms with Gasteiger partial charge in [-0.05, 0) is 37.0 Å². The highest BCUT2D eigenvalue weighted by molar-refractivity contribution is 5.49. The highest BCUT2D eigenvalue weighted by Gasteiger charge is 2.31. The molecular weight excluding hydrogens is 172 g/mol. The van der Waals surface area contributed by atoms with Crippen LogP contribution in [0.4, 0.5) is 0 Å². The number of rotatable bonds is 2. The van der Waals surface area contributed by atoms with Crippen LogP contribution in [0, 0.1) is 17.8 Å². The molecule has 0 heterocycles. The van der Waals surface area contributed by atoms with Crippen LogP contribution < -0.4 is 0 Å². The maximum Gasteiger partial charge on any atom is 0.120 e. The Hall–Kier alpha value is -0.330. The molecule has 14 heavy (non-hydrogen) atoms. The largest absolute Gasteiger partial charge is 0.303 e. The van der Waals surface area contributed by atoms with E-state index in [4.69, 9.17) is 0 Å². The van der Waals surface area contributed by atoms with Crippen molar-refractivity contribution in [3.8, 4) is 0 Å². The van der Waals surface area contributed by atoms with E-state index in [1.54, 1.807) is 0 Å². The third kappa shape index (κ3) is 2.59. The van der Waals surface area contributed by atoms with Crippen molar-refractivity contribution >= 4 is 6.29 Å². The van der Waals surface area contributed by atoms with Gasteiger partial charge >= 0.3 is 0 Å². The molecule has 0 amide bonds. The first-order valence-electron chi connectivity index (χ1n) is 5.84. The fourth-order valence-electron chi connectivity index (χ4n) is 3.32. The van der Waals surface area contributed by atoms with Gasteiger partial charge in [0.2, 0.25) is 0 Å².